The quantitative estimate of drug-likeness (QED) is 0.768. The minimum absolute atomic E-state index is 0.121. The fourth-order valence-corrected chi connectivity index (χ4v) is 2.61. The first-order valence-electron chi connectivity index (χ1n) is 5.69. The summed E-state index contributed by atoms with van der Waals surface area (Å²) in [6.45, 7) is -0.121. The normalized spacial score (nSPS) is 11.4. The first-order valence-corrected chi connectivity index (χ1v) is 8.37. The van der Waals surface area contributed by atoms with E-state index in [4.69, 9.17) is 4.74 Å². The molecule has 0 spiro atoms. The summed E-state index contributed by atoms with van der Waals surface area (Å²) in [7, 11) is -3.52. The molecule has 8 heteroatoms. The molecule has 112 valence electrons. The number of rotatable bonds is 4. The van der Waals surface area contributed by atoms with Crippen molar-refractivity contribution in [2.75, 3.05) is 6.26 Å². The maximum Gasteiger partial charge on any atom is 0.175 e. The van der Waals surface area contributed by atoms with E-state index in [1.54, 1.807) is 0 Å². The number of aromatic nitrogens is 1. The average molecular weight is 378 g/mol. The van der Waals surface area contributed by atoms with E-state index in [1.165, 1.54) is 6.07 Å². The Labute approximate surface area is 128 Å². The summed E-state index contributed by atoms with van der Waals surface area (Å²) >= 11 is 3.09. The lowest BCUT2D eigenvalue weighted by atomic mass is 10.2. The monoisotopic (exact) mass is 377 g/mol. The molecule has 0 amide bonds. The molecule has 0 saturated carbocycles. The molecule has 0 bridgehead atoms. The number of nitrogens with zero attached hydrogens (tertiary/aromatic N) is 1. The molecular formula is C13H10BrF2NO3S. The molecule has 0 fully saturated rings. The molecule has 4 nitrogen and oxygen atoms in total. The van der Waals surface area contributed by atoms with Crippen molar-refractivity contribution in [1.82, 2.24) is 4.98 Å². The predicted octanol–water partition coefficient (Wildman–Crippen LogP) is 3.10. The van der Waals surface area contributed by atoms with Gasteiger partial charge in [0.2, 0.25) is 0 Å². The largest absolute Gasteiger partial charge is 0.486 e. The molecule has 0 N–H and O–H groups in total. The Bertz CT molecular complexity index is 781. The standard InChI is InChI=1S/C13H10BrF2NO3S/c1-21(18,19)11-3-8(2-9(15)4-11)7-20-12-5-10(16)6-17-13(12)14/h2-6H,7H2,1H3. The molecule has 0 aliphatic rings. The van der Waals surface area contributed by atoms with Crippen LogP contribution in [0.1, 0.15) is 5.56 Å². The van der Waals surface area contributed by atoms with Gasteiger partial charge in [-0.25, -0.2) is 22.2 Å². The molecule has 0 aliphatic carbocycles. The molecule has 1 aromatic carbocycles. The van der Waals surface area contributed by atoms with Crippen LogP contribution in [-0.2, 0) is 16.4 Å². The second-order valence-corrected chi connectivity index (χ2v) is 7.07. The van der Waals surface area contributed by atoms with Crippen LogP contribution in [0.5, 0.6) is 5.75 Å². The van der Waals surface area contributed by atoms with E-state index in [0.717, 1.165) is 30.7 Å². The highest BCUT2D eigenvalue weighted by molar-refractivity contribution is 9.10. The van der Waals surface area contributed by atoms with Gasteiger partial charge in [-0.1, -0.05) is 0 Å². The van der Waals surface area contributed by atoms with Gasteiger partial charge in [-0.3, -0.25) is 0 Å². The fraction of sp³-hybridized carbons (Fsp3) is 0.154. The molecule has 2 aromatic rings. The zero-order valence-electron chi connectivity index (χ0n) is 10.8. The predicted molar refractivity (Wildman–Crippen MR) is 75.7 cm³/mol. The highest BCUT2D eigenvalue weighted by Gasteiger charge is 2.11. The lowest BCUT2D eigenvalue weighted by Gasteiger charge is -2.09. The zero-order chi connectivity index (χ0) is 15.6. The van der Waals surface area contributed by atoms with Gasteiger partial charge in [0.15, 0.2) is 15.6 Å². The Morgan fingerprint density at radius 1 is 1.19 bits per heavy atom. The fourth-order valence-electron chi connectivity index (χ4n) is 1.58. The number of hydrogen-bond acceptors (Lipinski definition) is 4. The van der Waals surface area contributed by atoms with Gasteiger partial charge < -0.3 is 4.74 Å². The van der Waals surface area contributed by atoms with Crippen molar-refractivity contribution in [3.63, 3.8) is 0 Å². The Kier molecular flexibility index (Phi) is 4.58. The summed E-state index contributed by atoms with van der Waals surface area (Å²) in [5.41, 5.74) is 0.312. The number of hydrogen-bond donors (Lipinski definition) is 0. The van der Waals surface area contributed by atoms with E-state index in [1.807, 2.05) is 0 Å². The van der Waals surface area contributed by atoms with Gasteiger partial charge in [-0.15, -0.1) is 0 Å². The third-order valence-electron chi connectivity index (χ3n) is 2.53. The van der Waals surface area contributed by atoms with E-state index in [0.29, 0.717) is 10.2 Å². The molecule has 0 radical (unpaired) electrons. The number of halogens is 3. The molecule has 2 rings (SSSR count). The second-order valence-electron chi connectivity index (χ2n) is 4.30. The van der Waals surface area contributed by atoms with Crippen LogP contribution >= 0.6 is 15.9 Å². The van der Waals surface area contributed by atoms with E-state index in [9.17, 15) is 17.2 Å². The van der Waals surface area contributed by atoms with Gasteiger partial charge in [0.25, 0.3) is 0 Å². The Balaban J connectivity index is 2.24. The van der Waals surface area contributed by atoms with Crippen molar-refractivity contribution in [3.05, 3.63) is 52.3 Å². The molecular weight excluding hydrogens is 368 g/mol. The first-order chi connectivity index (χ1) is 9.75. The van der Waals surface area contributed by atoms with E-state index >= 15 is 0 Å². The molecule has 0 atom stereocenters. The Hall–Kier alpha value is -1.54. The maximum absolute atomic E-state index is 13.4. The molecule has 1 aromatic heterocycles. The van der Waals surface area contributed by atoms with Gasteiger partial charge in [-0.2, -0.15) is 0 Å². The SMILES string of the molecule is CS(=O)(=O)c1cc(F)cc(COc2cc(F)cnc2Br)c1. The van der Waals surface area contributed by atoms with Gasteiger partial charge in [-0.05, 0) is 39.7 Å². The molecule has 21 heavy (non-hydrogen) atoms. The summed E-state index contributed by atoms with van der Waals surface area (Å²) in [5, 5.41) is 0. The van der Waals surface area contributed by atoms with E-state index < -0.39 is 21.5 Å². The number of sulfone groups is 1. The summed E-state index contributed by atoms with van der Waals surface area (Å²) in [6.07, 6.45) is 2.00. The van der Waals surface area contributed by atoms with Gasteiger partial charge in [0.1, 0.15) is 22.8 Å². The Morgan fingerprint density at radius 3 is 2.57 bits per heavy atom. The topological polar surface area (TPSA) is 56.3 Å². The van der Waals surface area contributed by atoms with Crippen LogP contribution in [0.3, 0.4) is 0 Å². The van der Waals surface area contributed by atoms with E-state index in [-0.39, 0.29) is 17.3 Å². The lowest BCUT2D eigenvalue weighted by Crippen LogP contribution is -2.02. The molecule has 0 aliphatic heterocycles. The number of ether oxygens (including phenoxy) is 1. The molecule has 0 unspecified atom stereocenters. The molecule has 1 heterocycles. The Morgan fingerprint density at radius 2 is 1.90 bits per heavy atom. The third kappa shape index (κ3) is 4.21. The minimum Gasteiger partial charge on any atom is -0.486 e. The highest BCUT2D eigenvalue weighted by Crippen LogP contribution is 2.24. The van der Waals surface area contributed by atoms with Crippen molar-refractivity contribution in [1.29, 1.82) is 0 Å². The van der Waals surface area contributed by atoms with Crippen molar-refractivity contribution in [2.24, 2.45) is 0 Å². The van der Waals surface area contributed by atoms with Crippen LogP contribution in [0.2, 0.25) is 0 Å². The summed E-state index contributed by atoms with van der Waals surface area (Å²) < 4.78 is 55.0. The van der Waals surface area contributed by atoms with Crippen molar-refractivity contribution < 1.29 is 21.9 Å². The second kappa shape index (κ2) is 6.07. The zero-order valence-corrected chi connectivity index (χ0v) is 13.2. The lowest BCUT2D eigenvalue weighted by molar-refractivity contribution is 0.300. The van der Waals surface area contributed by atoms with Crippen LogP contribution in [0.15, 0.2) is 40.0 Å². The highest BCUT2D eigenvalue weighted by atomic mass is 79.9. The van der Waals surface area contributed by atoms with Gasteiger partial charge >= 0.3 is 0 Å². The minimum atomic E-state index is -3.52. The smallest absolute Gasteiger partial charge is 0.175 e. The van der Waals surface area contributed by atoms with Gasteiger partial charge in [0, 0.05) is 12.3 Å². The van der Waals surface area contributed by atoms with Crippen LogP contribution < -0.4 is 4.74 Å². The number of pyridine rings is 1. The van der Waals surface area contributed by atoms with Gasteiger partial charge in [0.05, 0.1) is 11.1 Å². The summed E-state index contributed by atoms with van der Waals surface area (Å²) in [4.78, 5) is 3.57. The maximum atomic E-state index is 13.4. The van der Waals surface area contributed by atoms with Crippen LogP contribution in [0, 0.1) is 11.6 Å². The first kappa shape index (κ1) is 15.8. The summed E-state index contributed by atoms with van der Waals surface area (Å²) in [5.74, 6) is -1.13. The third-order valence-corrected chi connectivity index (χ3v) is 4.21. The van der Waals surface area contributed by atoms with Crippen molar-refractivity contribution >= 4 is 25.8 Å². The average Bonchev–Trinajstić information content (AvgIpc) is 2.38. The number of benzene rings is 1. The van der Waals surface area contributed by atoms with Crippen LogP contribution in [0.4, 0.5) is 8.78 Å². The van der Waals surface area contributed by atoms with E-state index in [2.05, 4.69) is 20.9 Å². The van der Waals surface area contributed by atoms with Crippen molar-refractivity contribution in [3.8, 4) is 5.75 Å². The summed E-state index contributed by atoms with van der Waals surface area (Å²) in [6, 6.07) is 4.50. The van der Waals surface area contributed by atoms with Crippen molar-refractivity contribution in [2.45, 2.75) is 11.5 Å². The van der Waals surface area contributed by atoms with Crippen LogP contribution in [-0.4, -0.2) is 19.7 Å². The molecule has 0 saturated heterocycles. The van der Waals surface area contributed by atoms with Crippen LogP contribution in [0.25, 0.3) is 0 Å².